The lowest BCUT2D eigenvalue weighted by atomic mass is 10.1. The first-order valence-corrected chi connectivity index (χ1v) is 11.1. The van der Waals surface area contributed by atoms with Crippen molar-refractivity contribution in [3.8, 4) is 0 Å². The highest BCUT2D eigenvalue weighted by molar-refractivity contribution is 7.89. The van der Waals surface area contributed by atoms with Crippen LogP contribution in [0.5, 0.6) is 0 Å². The first kappa shape index (κ1) is 20.2. The van der Waals surface area contributed by atoms with Crippen LogP contribution in [0.1, 0.15) is 40.5 Å². The predicted octanol–water partition coefficient (Wildman–Crippen LogP) is 2.09. The van der Waals surface area contributed by atoms with Gasteiger partial charge in [0.15, 0.2) is 0 Å². The molecule has 2 aromatic carbocycles. The molecule has 0 bridgehead atoms. The smallest absolute Gasteiger partial charge is 0.262 e. The standard InChI is InChI=1S/C21H21N3O5S/c1-14(24-20(26)17-9-2-3-10-18(17)21(24)27)19(25)22-15-7-6-8-16(13-15)30(28,29)23-11-4-5-12-23/h2-3,6-10,13-14H,4-5,11-12H2,1H3,(H,22,25)/t14-/m1/s1. The van der Waals surface area contributed by atoms with Crippen LogP contribution < -0.4 is 5.32 Å². The molecule has 0 aromatic heterocycles. The molecule has 156 valence electrons. The van der Waals surface area contributed by atoms with E-state index >= 15 is 0 Å². The number of carbonyl (C=O) groups is 3. The molecular formula is C21H21N3O5S. The summed E-state index contributed by atoms with van der Waals surface area (Å²) in [5, 5.41) is 2.62. The molecule has 8 nitrogen and oxygen atoms in total. The molecule has 0 spiro atoms. The zero-order valence-corrected chi connectivity index (χ0v) is 17.2. The fourth-order valence-corrected chi connectivity index (χ4v) is 5.30. The number of nitrogens with zero attached hydrogens (tertiary/aromatic N) is 2. The predicted molar refractivity (Wildman–Crippen MR) is 109 cm³/mol. The Bertz CT molecular complexity index is 1100. The number of hydrogen-bond acceptors (Lipinski definition) is 5. The van der Waals surface area contributed by atoms with Crippen LogP contribution in [-0.4, -0.2) is 54.5 Å². The zero-order valence-electron chi connectivity index (χ0n) is 16.4. The van der Waals surface area contributed by atoms with Crippen LogP contribution in [-0.2, 0) is 14.8 Å². The molecule has 4 rings (SSSR count). The van der Waals surface area contributed by atoms with Crippen LogP contribution in [0.3, 0.4) is 0 Å². The minimum absolute atomic E-state index is 0.0931. The summed E-state index contributed by atoms with van der Waals surface area (Å²) in [5.74, 6) is -1.63. The molecule has 0 saturated carbocycles. The Labute approximate surface area is 174 Å². The number of anilines is 1. The topological polar surface area (TPSA) is 104 Å². The lowest BCUT2D eigenvalue weighted by Crippen LogP contribution is -2.45. The number of carbonyl (C=O) groups excluding carboxylic acids is 3. The maximum atomic E-state index is 12.7. The van der Waals surface area contributed by atoms with Crippen molar-refractivity contribution in [2.45, 2.75) is 30.7 Å². The van der Waals surface area contributed by atoms with E-state index in [1.807, 2.05) is 0 Å². The third kappa shape index (κ3) is 3.40. The van der Waals surface area contributed by atoms with Gasteiger partial charge in [-0.1, -0.05) is 18.2 Å². The van der Waals surface area contributed by atoms with Gasteiger partial charge in [0, 0.05) is 18.8 Å². The largest absolute Gasteiger partial charge is 0.324 e. The maximum absolute atomic E-state index is 12.7. The molecule has 30 heavy (non-hydrogen) atoms. The summed E-state index contributed by atoms with van der Waals surface area (Å²) in [6, 6.07) is 11.3. The highest BCUT2D eigenvalue weighted by Gasteiger charge is 2.40. The van der Waals surface area contributed by atoms with Crippen molar-refractivity contribution < 1.29 is 22.8 Å². The average Bonchev–Trinajstić information content (AvgIpc) is 3.36. The van der Waals surface area contributed by atoms with Gasteiger partial charge in [0.1, 0.15) is 6.04 Å². The number of fused-ring (bicyclic) bond motifs is 1. The minimum atomic E-state index is -3.62. The van der Waals surface area contributed by atoms with Crippen LogP contribution in [0.2, 0.25) is 0 Å². The van der Waals surface area contributed by atoms with E-state index in [0.29, 0.717) is 13.1 Å². The molecule has 2 heterocycles. The van der Waals surface area contributed by atoms with Gasteiger partial charge in [0.25, 0.3) is 11.8 Å². The molecule has 0 unspecified atom stereocenters. The highest BCUT2D eigenvalue weighted by Crippen LogP contribution is 2.26. The number of benzene rings is 2. The number of imide groups is 1. The molecular weight excluding hydrogens is 406 g/mol. The maximum Gasteiger partial charge on any atom is 0.262 e. The number of amides is 3. The number of rotatable bonds is 5. The first-order valence-electron chi connectivity index (χ1n) is 9.69. The Morgan fingerprint density at radius 3 is 2.17 bits per heavy atom. The number of nitrogens with one attached hydrogen (secondary N) is 1. The van der Waals surface area contributed by atoms with Crippen molar-refractivity contribution >= 4 is 33.4 Å². The van der Waals surface area contributed by atoms with E-state index in [-0.39, 0.29) is 21.7 Å². The third-order valence-corrected chi connectivity index (χ3v) is 7.29. The van der Waals surface area contributed by atoms with E-state index in [9.17, 15) is 22.8 Å². The monoisotopic (exact) mass is 427 g/mol. The van der Waals surface area contributed by atoms with Crippen molar-refractivity contribution in [1.29, 1.82) is 0 Å². The molecule has 0 aliphatic carbocycles. The van der Waals surface area contributed by atoms with E-state index in [2.05, 4.69) is 5.32 Å². The lowest BCUT2D eigenvalue weighted by molar-refractivity contribution is -0.119. The second kappa shape index (κ2) is 7.66. The van der Waals surface area contributed by atoms with E-state index in [1.165, 1.54) is 23.4 Å². The van der Waals surface area contributed by atoms with Crippen molar-refractivity contribution in [3.05, 3.63) is 59.7 Å². The van der Waals surface area contributed by atoms with Gasteiger partial charge in [-0.05, 0) is 50.1 Å². The summed E-state index contributed by atoms with van der Waals surface area (Å²) in [6.07, 6.45) is 1.65. The van der Waals surface area contributed by atoms with Gasteiger partial charge in [-0.3, -0.25) is 19.3 Å². The van der Waals surface area contributed by atoms with E-state index in [0.717, 1.165) is 17.7 Å². The van der Waals surface area contributed by atoms with Crippen molar-refractivity contribution in [2.75, 3.05) is 18.4 Å². The van der Waals surface area contributed by atoms with Crippen LogP contribution >= 0.6 is 0 Å². The molecule has 2 aromatic rings. The van der Waals surface area contributed by atoms with E-state index in [1.54, 1.807) is 36.4 Å². The summed E-state index contributed by atoms with van der Waals surface area (Å²) in [6.45, 7) is 2.42. The SMILES string of the molecule is C[C@H](C(=O)Nc1cccc(S(=O)(=O)N2CCCC2)c1)N1C(=O)c2ccccc2C1=O. The fraction of sp³-hybridized carbons (Fsp3) is 0.286. The molecule has 1 atom stereocenters. The van der Waals surface area contributed by atoms with Crippen molar-refractivity contribution in [3.63, 3.8) is 0 Å². The molecule has 3 amide bonds. The molecule has 0 radical (unpaired) electrons. The van der Waals surface area contributed by atoms with Gasteiger partial charge in [-0.15, -0.1) is 0 Å². The molecule has 9 heteroatoms. The molecule has 2 aliphatic rings. The average molecular weight is 427 g/mol. The first-order chi connectivity index (χ1) is 14.3. The van der Waals surface area contributed by atoms with E-state index in [4.69, 9.17) is 0 Å². The summed E-state index contributed by atoms with van der Waals surface area (Å²) < 4.78 is 26.9. The van der Waals surface area contributed by atoms with Crippen molar-refractivity contribution in [2.24, 2.45) is 0 Å². The number of sulfonamides is 1. The second-order valence-corrected chi connectivity index (χ2v) is 9.27. The number of hydrogen-bond donors (Lipinski definition) is 1. The normalized spacial score (nSPS) is 17.8. The second-order valence-electron chi connectivity index (χ2n) is 7.33. The van der Waals surface area contributed by atoms with Gasteiger partial charge < -0.3 is 5.32 Å². The Morgan fingerprint density at radius 2 is 1.57 bits per heavy atom. The van der Waals surface area contributed by atoms with Gasteiger partial charge >= 0.3 is 0 Å². The van der Waals surface area contributed by atoms with Crippen LogP contribution in [0.25, 0.3) is 0 Å². The molecule has 1 saturated heterocycles. The molecule has 1 fully saturated rings. The fourth-order valence-electron chi connectivity index (χ4n) is 3.74. The van der Waals surface area contributed by atoms with E-state index < -0.39 is 33.8 Å². The van der Waals surface area contributed by atoms with Crippen molar-refractivity contribution in [1.82, 2.24) is 9.21 Å². The highest BCUT2D eigenvalue weighted by atomic mass is 32.2. The Kier molecular flexibility index (Phi) is 5.17. The lowest BCUT2D eigenvalue weighted by Gasteiger charge is -2.22. The van der Waals surface area contributed by atoms with Crippen LogP contribution in [0.4, 0.5) is 5.69 Å². The Balaban J connectivity index is 1.52. The van der Waals surface area contributed by atoms with Crippen LogP contribution in [0, 0.1) is 0 Å². The Morgan fingerprint density at radius 1 is 0.967 bits per heavy atom. The summed E-state index contributed by atoms with van der Waals surface area (Å²) >= 11 is 0. The Hall–Kier alpha value is -3.04. The summed E-state index contributed by atoms with van der Waals surface area (Å²) in [7, 11) is -3.62. The third-order valence-electron chi connectivity index (χ3n) is 5.40. The van der Waals surface area contributed by atoms with Gasteiger partial charge in [0.2, 0.25) is 15.9 Å². The zero-order chi connectivity index (χ0) is 21.5. The van der Waals surface area contributed by atoms with Crippen LogP contribution in [0.15, 0.2) is 53.4 Å². The summed E-state index contributed by atoms with van der Waals surface area (Å²) in [5.41, 5.74) is 0.811. The van der Waals surface area contributed by atoms with Gasteiger partial charge in [-0.25, -0.2) is 8.42 Å². The quantitative estimate of drug-likeness (QED) is 0.736. The van der Waals surface area contributed by atoms with Gasteiger partial charge in [0.05, 0.1) is 16.0 Å². The minimum Gasteiger partial charge on any atom is -0.324 e. The van der Waals surface area contributed by atoms with Gasteiger partial charge in [-0.2, -0.15) is 4.31 Å². The summed E-state index contributed by atoms with van der Waals surface area (Å²) in [4.78, 5) is 38.9. The molecule has 2 aliphatic heterocycles. The molecule has 1 N–H and O–H groups in total.